The number of piperidine rings is 1. The average Bonchev–Trinajstić information content (AvgIpc) is 2.87. The van der Waals surface area contributed by atoms with E-state index in [1.54, 1.807) is 18.3 Å². The molecule has 0 spiro atoms. The molecular weight excluding hydrogens is 254 g/mol. The van der Waals surface area contributed by atoms with Gasteiger partial charge in [-0.05, 0) is 17.5 Å². The molecule has 2 aliphatic rings. The van der Waals surface area contributed by atoms with Gasteiger partial charge in [0.25, 0.3) is 0 Å². The van der Waals surface area contributed by atoms with E-state index in [-0.39, 0.29) is 35.6 Å². The fourth-order valence-electron chi connectivity index (χ4n) is 2.94. The summed E-state index contributed by atoms with van der Waals surface area (Å²) < 4.78 is 0. The molecule has 1 saturated heterocycles. The van der Waals surface area contributed by atoms with Crippen LogP contribution in [0, 0.1) is 29.1 Å². The molecular formula is C15H15N3O2. The van der Waals surface area contributed by atoms with Gasteiger partial charge in [-0.1, -0.05) is 25.7 Å². The molecule has 1 aromatic heterocycles. The van der Waals surface area contributed by atoms with Gasteiger partial charge in [-0.3, -0.25) is 9.59 Å². The topological polar surface area (TPSA) is 76.3 Å². The number of carbonyl (C=O) groups excluding carboxylic acids is 2. The third-order valence-corrected chi connectivity index (χ3v) is 4.11. The number of carbonyl (C=O) groups is 2. The van der Waals surface area contributed by atoms with Gasteiger partial charge in [-0.15, -0.1) is 0 Å². The van der Waals surface area contributed by atoms with Crippen LogP contribution in [-0.2, 0) is 9.59 Å². The molecule has 2 amide bonds. The fourth-order valence-corrected chi connectivity index (χ4v) is 2.94. The van der Waals surface area contributed by atoms with Crippen molar-refractivity contribution in [3.05, 3.63) is 23.9 Å². The number of nitrogens with two attached hydrogens (primary N) is 1. The third-order valence-electron chi connectivity index (χ3n) is 4.11. The number of rotatable bonds is 1. The van der Waals surface area contributed by atoms with Crippen LogP contribution in [0.2, 0.25) is 0 Å². The zero-order valence-corrected chi connectivity index (χ0v) is 11.4. The second-order valence-corrected chi connectivity index (χ2v) is 5.70. The predicted molar refractivity (Wildman–Crippen MR) is 73.4 cm³/mol. The van der Waals surface area contributed by atoms with E-state index in [1.165, 1.54) is 4.90 Å². The first-order valence-corrected chi connectivity index (χ1v) is 6.51. The molecule has 102 valence electrons. The van der Waals surface area contributed by atoms with E-state index in [9.17, 15) is 9.59 Å². The molecule has 0 bridgehead atoms. The van der Waals surface area contributed by atoms with Crippen molar-refractivity contribution < 1.29 is 9.59 Å². The van der Waals surface area contributed by atoms with Crippen molar-refractivity contribution in [2.45, 2.75) is 13.8 Å². The smallest absolute Gasteiger partial charge is 0.239 e. The average molecular weight is 269 g/mol. The summed E-state index contributed by atoms with van der Waals surface area (Å²) in [5.74, 6) is 5.26. The maximum absolute atomic E-state index is 12.3. The Hall–Kier alpha value is -2.19. The number of pyridine rings is 1. The molecule has 0 aromatic carbocycles. The summed E-state index contributed by atoms with van der Waals surface area (Å²) in [5.41, 5.74) is 5.82. The zero-order chi connectivity index (χ0) is 14.5. The van der Waals surface area contributed by atoms with Gasteiger partial charge in [0.1, 0.15) is 5.82 Å². The monoisotopic (exact) mass is 269 g/mol. The van der Waals surface area contributed by atoms with E-state index >= 15 is 0 Å². The number of hydrogen-bond acceptors (Lipinski definition) is 4. The Kier molecular flexibility index (Phi) is 2.66. The van der Waals surface area contributed by atoms with Crippen molar-refractivity contribution in [1.29, 1.82) is 0 Å². The highest BCUT2D eigenvalue weighted by molar-refractivity contribution is 6.25. The molecule has 1 saturated carbocycles. The minimum absolute atomic E-state index is 0.151. The van der Waals surface area contributed by atoms with Crippen LogP contribution in [0.15, 0.2) is 18.3 Å². The second kappa shape index (κ2) is 4.15. The molecule has 2 atom stereocenters. The summed E-state index contributed by atoms with van der Waals surface area (Å²) in [6.07, 6.45) is 1.55. The zero-order valence-electron chi connectivity index (χ0n) is 11.4. The minimum Gasteiger partial charge on any atom is -0.320 e. The van der Waals surface area contributed by atoms with E-state index < -0.39 is 0 Å². The van der Waals surface area contributed by atoms with E-state index in [4.69, 9.17) is 5.73 Å². The summed E-state index contributed by atoms with van der Waals surface area (Å²) >= 11 is 0. The summed E-state index contributed by atoms with van der Waals surface area (Å²) in [5, 5.41) is 0. The Labute approximate surface area is 117 Å². The van der Waals surface area contributed by atoms with Gasteiger partial charge in [-0.2, -0.15) is 0 Å². The normalized spacial score (nSPS) is 26.1. The first kappa shape index (κ1) is 12.8. The Bertz CT molecular complexity index is 645. The molecule has 5 heteroatoms. The third kappa shape index (κ3) is 1.65. The Morgan fingerprint density at radius 3 is 2.60 bits per heavy atom. The molecule has 2 heterocycles. The molecule has 1 aliphatic carbocycles. The SMILES string of the molecule is CC1(C)C2C(=O)N(c3cc(C#CCN)ccn3)C(=O)C21. The Morgan fingerprint density at radius 1 is 1.35 bits per heavy atom. The minimum atomic E-state index is -0.207. The van der Waals surface area contributed by atoms with Crippen LogP contribution >= 0.6 is 0 Å². The Morgan fingerprint density at radius 2 is 2.00 bits per heavy atom. The van der Waals surface area contributed by atoms with Crippen LogP contribution < -0.4 is 10.6 Å². The first-order chi connectivity index (χ1) is 9.48. The number of aromatic nitrogens is 1. The van der Waals surface area contributed by atoms with E-state index in [0.717, 1.165) is 0 Å². The molecule has 1 aliphatic heterocycles. The number of amides is 2. The van der Waals surface area contributed by atoms with Crippen LogP contribution in [0.5, 0.6) is 0 Å². The molecule has 20 heavy (non-hydrogen) atoms. The van der Waals surface area contributed by atoms with Crippen molar-refractivity contribution in [2.75, 3.05) is 11.4 Å². The van der Waals surface area contributed by atoms with Gasteiger partial charge >= 0.3 is 0 Å². The van der Waals surface area contributed by atoms with Crippen LogP contribution in [0.4, 0.5) is 5.82 Å². The first-order valence-electron chi connectivity index (χ1n) is 6.51. The summed E-state index contributed by atoms with van der Waals surface area (Å²) in [7, 11) is 0. The van der Waals surface area contributed by atoms with E-state index in [2.05, 4.69) is 16.8 Å². The highest BCUT2D eigenvalue weighted by Gasteiger charge is 2.72. The maximum Gasteiger partial charge on any atom is 0.239 e. The second-order valence-electron chi connectivity index (χ2n) is 5.70. The molecule has 2 N–H and O–H groups in total. The van der Waals surface area contributed by atoms with Gasteiger partial charge < -0.3 is 5.73 Å². The molecule has 2 fully saturated rings. The van der Waals surface area contributed by atoms with Crippen molar-refractivity contribution in [1.82, 2.24) is 4.98 Å². The molecule has 0 radical (unpaired) electrons. The van der Waals surface area contributed by atoms with Crippen LogP contribution in [-0.4, -0.2) is 23.3 Å². The molecule has 5 nitrogen and oxygen atoms in total. The molecule has 1 aromatic rings. The summed E-state index contributed by atoms with van der Waals surface area (Å²) in [6.45, 7) is 4.16. The predicted octanol–water partition coefficient (Wildman–Crippen LogP) is 0.537. The summed E-state index contributed by atoms with van der Waals surface area (Å²) in [4.78, 5) is 29.9. The van der Waals surface area contributed by atoms with Gasteiger partial charge in [0.2, 0.25) is 11.8 Å². The lowest BCUT2D eigenvalue weighted by Crippen LogP contribution is -2.36. The lowest BCUT2D eigenvalue weighted by atomic mass is 10.1. The standard InChI is InChI=1S/C15H15N3O2/c1-15(2)11-12(15)14(20)18(13(11)19)10-8-9(4-3-6-16)5-7-17-10/h5,7-8,11-12H,6,16H2,1-2H3. The van der Waals surface area contributed by atoms with E-state index in [0.29, 0.717) is 11.4 Å². The Balaban J connectivity index is 1.92. The molecule has 2 unspecified atom stereocenters. The van der Waals surface area contributed by atoms with Gasteiger partial charge in [0.15, 0.2) is 0 Å². The highest BCUT2D eigenvalue weighted by Crippen LogP contribution is 2.63. The number of fused-ring (bicyclic) bond motifs is 1. The fraction of sp³-hybridized carbons (Fsp3) is 0.400. The maximum atomic E-state index is 12.3. The van der Waals surface area contributed by atoms with E-state index in [1.807, 2.05) is 13.8 Å². The number of anilines is 1. The largest absolute Gasteiger partial charge is 0.320 e. The summed E-state index contributed by atoms with van der Waals surface area (Å²) in [6, 6.07) is 3.37. The van der Waals surface area contributed by atoms with Crippen LogP contribution in [0.1, 0.15) is 19.4 Å². The molecule has 3 rings (SSSR count). The van der Waals surface area contributed by atoms with Crippen molar-refractivity contribution in [3.8, 4) is 11.8 Å². The highest BCUT2D eigenvalue weighted by atomic mass is 16.2. The van der Waals surface area contributed by atoms with Crippen molar-refractivity contribution in [3.63, 3.8) is 0 Å². The lowest BCUT2D eigenvalue weighted by molar-refractivity contribution is -0.125. The van der Waals surface area contributed by atoms with Crippen molar-refractivity contribution >= 4 is 17.6 Å². The van der Waals surface area contributed by atoms with Gasteiger partial charge in [-0.25, -0.2) is 9.88 Å². The number of hydrogen-bond donors (Lipinski definition) is 1. The van der Waals surface area contributed by atoms with Gasteiger partial charge in [0.05, 0.1) is 18.4 Å². The van der Waals surface area contributed by atoms with Crippen LogP contribution in [0.3, 0.4) is 0 Å². The quantitative estimate of drug-likeness (QED) is 0.596. The van der Waals surface area contributed by atoms with Gasteiger partial charge in [0, 0.05) is 11.8 Å². The number of nitrogens with zero attached hydrogens (tertiary/aromatic N) is 2. The van der Waals surface area contributed by atoms with Crippen LogP contribution in [0.25, 0.3) is 0 Å². The van der Waals surface area contributed by atoms with Crippen molar-refractivity contribution in [2.24, 2.45) is 23.0 Å². The number of imide groups is 1. The lowest BCUT2D eigenvalue weighted by Gasteiger charge is -2.19.